The van der Waals surface area contributed by atoms with Crippen LogP contribution in [0.4, 0.5) is 0 Å². The highest BCUT2D eigenvalue weighted by atomic mass is 16.5. The fourth-order valence-corrected chi connectivity index (χ4v) is 1.76. The Kier molecular flexibility index (Phi) is 11.2. The number of ketones is 1. The lowest BCUT2D eigenvalue weighted by atomic mass is 10.1. The quantitative estimate of drug-likeness (QED) is 0.601. The van der Waals surface area contributed by atoms with E-state index in [0.29, 0.717) is 6.10 Å². The van der Waals surface area contributed by atoms with E-state index in [4.69, 9.17) is 4.74 Å². The Balaban J connectivity index is 0.000000885. The molecule has 0 aliphatic carbocycles. The number of rotatable bonds is 8. The van der Waals surface area contributed by atoms with Crippen LogP contribution < -0.4 is 16.2 Å². The van der Waals surface area contributed by atoms with Gasteiger partial charge in [-0.1, -0.05) is 26.7 Å². The average Bonchev–Trinajstić information content (AvgIpc) is 2.46. The summed E-state index contributed by atoms with van der Waals surface area (Å²) in [5.74, 6) is 0.959. The fourth-order valence-electron chi connectivity index (χ4n) is 1.76. The zero-order valence-corrected chi connectivity index (χ0v) is 14.1. The fraction of sp³-hybridized carbons (Fsp3) is 0.688. The molecule has 0 fully saturated rings. The van der Waals surface area contributed by atoms with Gasteiger partial charge in [-0.25, -0.2) is 0 Å². The van der Waals surface area contributed by atoms with E-state index >= 15 is 0 Å². The Labute approximate surface area is 129 Å². The number of carbonyl (C=O) groups excluding carboxylic acids is 1. The average molecular weight is 297 g/mol. The molecule has 1 atom stereocenters. The minimum atomic E-state index is 0.167. The number of ether oxygens (including phenoxy) is 1. The van der Waals surface area contributed by atoms with Gasteiger partial charge in [-0.15, -0.1) is 0 Å². The molecule has 0 radical (unpaired) electrons. The van der Waals surface area contributed by atoms with Crippen molar-refractivity contribution in [1.29, 1.82) is 0 Å². The van der Waals surface area contributed by atoms with Crippen LogP contribution in [0.2, 0.25) is 0 Å². The number of hydrogen-bond acceptors (Lipinski definition) is 5. The zero-order valence-electron chi connectivity index (χ0n) is 14.1. The predicted octanol–water partition coefficient (Wildman–Crippen LogP) is 2.97. The van der Waals surface area contributed by atoms with Crippen LogP contribution in [-0.4, -0.2) is 18.9 Å². The molecule has 0 saturated heterocycles. The normalized spacial score (nSPS) is 14.3. The summed E-state index contributed by atoms with van der Waals surface area (Å²) >= 11 is 0. The van der Waals surface area contributed by atoms with Gasteiger partial charge in [0, 0.05) is 19.3 Å². The van der Waals surface area contributed by atoms with Crippen LogP contribution in [0.1, 0.15) is 59.8 Å². The summed E-state index contributed by atoms with van der Waals surface area (Å²) in [6.07, 6.45) is 10.1. The van der Waals surface area contributed by atoms with E-state index in [1.165, 1.54) is 33.1 Å². The van der Waals surface area contributed by atoms with Crippen LogP contribution in [0.15, 0.2) is 23.9 Å². The van der Waals surface area contributed by atoms with Crippen LogP contribution in [0.3, 0.4) is 0 Å². The number of hydrogen-bond donors (Lipinski definition) is 3. The molecule has 1 rings (SSSR count). The topological polar surface area (TPSA) is 62.4 Å². The summed E-state index contributed by atoms with van der Waals surface area (Å²) in [6.45, 7) is 7.45. The second kappa shape index (κ2) is 12.1. The predicted molar refractivity (Wildman–Crippen MR) is 87.2 cm³/mol. The second-order valence-electron chi connectivity index (χ2n) is 5.18. The molecule has 0 spiro atoms. The molecule has 5 heteroatoms. The van der Waals surface area contributed by atoms with Crippen molar-refractivity contribution in [3.05, 3.63) is 23.9 Å². The summed E-state index contributed by atoms with van der Waals surface area (Å²) in [5, 5.41) is 3.08. The maximum Gasteiger partial charge on any atom is 0.208 e. The highest BCUT2D eigenvalue weighted by Gasteiger charge is 2.11. The summed E-state index contributed by atoms with van der Waals surface area (Å²) in [5.41, 5.74) is 6.99. The van der Waals surface area contributed by atoms with E-state index in [1.807, 2.05) is 19.3 Å². The number of likely N-dealkylation sites (N-methyl/N-ethyl adjacent to an activating group) is 1. The van der Waals surface area contributed by atoms with Crippen LogP contribution in [0, 0.1) is 0 Å². The van der Waals surface area contributed by atoms with Crippen molar-refractivity contribution in [3.63, 3.8) is 0 Å². The van der Waals surface area contributed by atoms with Gasteiger partial charge in [0.1, 0.15) is 11.9 Å². The van der Waals surface area contributed by atoms with Gasteiger partial charge in [0.15, 0.2) is 0 Å². The number of nitrogens with one attached hydrogen (secondary N) is 3. The van der Waals surface area contributed by atoms with Gasteiger partial charge in [-0.2, -0.15) is 0 Å². The third-order valence-corrected chi connectivity index (χ3v) is 2.88. The summed E-state index contributed by atoms with van der Waals surface area (Å²) in [7, 11) is 1.89. The second-order valence-corrected chi connectivity index (χ2v) is 5.18. The summed E-state index contributed by atoms with van der Waals surface area (Å²) in [4.78, 5) is 9.44. The van der Waals surface area contributed by atoms with Gasteiger partial charge in [-0.05, 0) is 33.1 Å². The summed E-state index contributed by atoms with van der Waals surface area (Å²) in [6, 6.07) is 0. The molecule has 0 aromatic carbocycles. The maximum atomic E-state index is 9.44. The number of unbranched alkanes of at least 4 members (excludes halogenated alkanes) is 2. The van der Waals surface area contributed by atoms with Gasteiger partial charge in [-0.3, -0.25) is 5.43 Å². The van der Waals surface area contributed by atoms with Gasteiger partial charge in [0.05, 0.1) is 5.70 Å². The lowest BCUT2D eigenvalue weighted by Crippen LogP contribution is -2.34. The molecule has 0 bridgehead atoms. The minimum Gasteiger partial charge on any atom is -0.475 e. The Morgan fingerprint density at radius 2 is 2.00 bits per heavy atom. The highest BCUT2D eigenvalue weighted by molar-refractivity contribution is 5.72. The standard InChI is InChI=1S/C13H25N3O.C3H6O/c1-4-6-7-8-12(5-2)17-13-9-11(14-3)10-15-16-13;1-3(2)4/h9-10,12,14-16H,4-8H2,1-3H3;1-2H3. The van der Waals surface area contributed by atoms with Crippen molar-refractivity contribution in [2.75, 3.05) is 7.05 Å². The SMILES string of the molecule is CC(C)=O.CCCCCC(CC)OC1=CC(NC)=CNN1. The zero-order chi connectivity index (χ0) is 16.1. The number of allylic oxidation sites excluding steroid dienone is 1. The molecule has 21 heavy (non-hydrogen) atoms. The Morgan fingerprint density at radius 1 is 1.33 bits per heavy atom. The molecular formula is C16H31N3O2. The van der Waals surface area contributed by atoms with Gasteiger partial charge in [0.2, 0.25) is 5.88 Å². The van der Waals surface area contributed by atoms with E-state index in [2.05, 4.69) is 30.0 Å². The van der Waals surface area contributed by atoms with Crippen LogP contribution in [-0.2, 0) is 9.53 Å². The van der Waals surface area contributed by atoms with E-state index in [9.17, 15) is 4.79 Å². The first kappa shape index (κ1) is 19.4. The Morgan fingerprint density at radius 3 is 2.52 bits per heavy atom. The Bertz CT molecular complexity index is 347. The first-order chi connectivity index (χ1) is 10.0. The van der Waals surface area contributed by atoms with Crippen molar-refractivity contribution >= 4 is 5.78 Å². The molecule has 1 aliphatic heterocycles. The first-order valence-corrected chi connectivity index (χ1v) is 7.78. The molecule has 5 nitrogen and oxygen atoms in total. The molecule has 1 heterocycles. The summed E-state index contributed by atoms with van der Waals surface area (Å²) < 4.78 is 5.93. The van der Waals surface area contributed by atoms with Crippen LogP contribution in [0.25, 0.3) is 0 Å². The van der Waals surface area contributed by atoms with Crippen LogP contribution in [0.5, 0.6) is 0 Å². The first-order valence-electron chi connectivity index (χ1n) is 7.78. The van der Waals surface area contributed by atoms with Crippen molar-refractivity contribution in [2.45, 2.75) is 65.9 Å². The van der Waals surface area contributed by atoms with E-state index in [1.54, 1.807) is 0 Å². The van der Waals surface area contributed by atoms with Gasteiger partial charge < -0.3 is 20.3 Å². The van der Waals surface area contributed by atoms with Gasteiger partial charge in [0.25, 0.3) is 0 Å². The van der Waals surface area contributed by atoms with E-state index in [0.717, 1.165) is 24.4 Å². The van der Waals surface area contributed by atoms with Crippen LogP contribution >= 0.6 is 0 Å². The molecule has 3 N–H and O–H groups in total. The molecule has 1 unspecified atom stereocenters. The smallest absolute Gasteiger partial charge is 0.208 e. The molecule has 0 saturated carbocycles. The molecule has 122 valence electrons. The number of Topliss-reactive ketones (excluding diaryl/α,β-unsaturated/α-hetero) is 1. The minimum absolute atomic E-state index is 0.167. The lowest BCUT2D eigenvalue weighted by molar-refractivity contribution is -0.114. The van der Waals surface area contributed by atoms with Gasteiger partial charge >= 0.3 is 0 Å². The third-order valence-electron chi connectivity index (χ3n) is 2.88. The number of hydrazine groups is 1. The van der Waals surface area contributed by atoms with Crippen molar-refractivity contribution < 1.29 is 9.53 Å². The molecule has 1 aliphatic rings. The lowest BCUT2D eigenvalue weighted by Gasteiger charge is -2.23. The van der Waals surface area contributed by atoms with E-state index in [-0.39, 0.29) is 5.78 Å². The van der Waals surface area contributed by atoms with Crippen molar-refractivity contribution in [3.8, 4) is 0 Å². The largest absolute Gasteiger partial charge is 0.475 e. The molecule has 0 aromatic rings. The maximum absolute atomic E-state index is 9.44. The molecule has 0 amide bonds. The molecule has 0 aromatic heterocycles. The van der Waals surface area contributed by atoms with Crippen molar-refractivity contribution in [1.82, 2.24) is 16.2 Å². The molecular weight excluding hydrogens is 266 g/mol. The highest BCUT2D eigenvalue weighted by Crippen LogP contribution is 2.14. The third kappa shape index (κ3) is 10.8. The Hall–Kier alpha value is -1.65. The van der Waals surface area contributed by atoms with Crippen molar-refractivity contribution in [2.24, 2.45) is 0 Å². The monoisotopic (exact) mass is 297 g/mol. The van der Waals surface area contributed by atoms with E-state index < -0.39 is 0 Å². The number of carbonyl (C=O) groups is 1.